The second-order valence-electron chi connectivity index (χ2n) is 4.23. The summed E-state index contributed by atoms with van der Waals surface area (Å²) in [4.78, 5) is 25.3. The predicted molar refractivity (Wildman–Crippen MR) is 70.0 cm³/mol. The van der Waals surface area contributed by atoms with Crippen LogP contribution in [0.4, 0.5) is 0 Å². The van der Waals surface area contributed by atoms with Gasteiger partial charge in [-0.2, -0.15) is 0 Å². The maximum Gasteiger partial charge on any atom is 0.222 e. The van der Waals surface area contributed by atoms with Crippen LogP contribution in [-0.4, -0.2) is 54.2 Å². The predicted octanol–water partition coefficient (Wildman–Crippen LogP) is 1.55. The van der Waals surface area contributed by atoms with E-state index in [0.29, 0.717) is 18.2 Å². The molecule has 2 fully saturated rings. The number of Topliss-reactive ketones (excluding diaryl/α,β-unsaturated/α-hetero) is 1. The van der Waals surface area contributed by atoms with E-state index in [-0.39, 0.29) is 7.43 Å². The summed E-state index contributed by atoms with van der Waals surface area (Å²) >= 11 is 0. The number of rotatable bonds is 2. The molecule has 2 heterocycles. The third-order valence-electron chi connectivity index (χ3n) is 3.11. The number of hydrogen-bond donors (Lipinski definition) is 0. The van der Waals surface area contributed by atoms with Crippen molar-refractivity contribution in [2.24, 2.45) is 0 Å². The van der Waals surface area contributed by atoms with Crippen molar-refractivity contribution < 1.29 is 9.59 Å². The summed E-state index contributed by atoms with van der Waals surface area (Å²) in [5.41, 5.74) is 0. The Balaban J connectivity index is 0.000000284. The van der Waals surface area contributed by atoms with Crippen molar-refractivity contribution in [2.75, 3.05) is 32.7 Å². The Kier molecular flexibility index (Phi) is 7.79. The van der Waals surface area contributed by atoms with Gasteiger partial charge in [0.1, 0.15) is 5.78 Å². The monoisotopic (exact) mass is 242 g/mol. The van der Waals surface area contributed by atoms with Crippen LogP contribution in [0.15, 0.2) is 0 Å². The fourth-order valence-corrected chi connectivity index (χ4v) is 2.00. The summed E-state index contributed by atoms with van der Waals surface area (Å²) in [6, 6.07) is 0. The Morgan fingerprint density at radius 3 is 2.00 bits per heavy atom. The van der Waals surface area contributed by atoms with Crippen molar-refractivity contribution in [2.45, 2.75) is 40.5 Å². The number of carbonyl (C=O) groups excluding carboxylic acids is 2. The van der Waals surface area contributed by atoms with Gasteiger partial charge < -0.3 is 4.90 Å². The molecule has 1 amide bonds. The number of ketones is 1. The van der Waals surface area contributed by atoms with Gasteiger partial charge >= 0.3 is 0 Å². The van der Waals surface area contributed by atoms with Crippen LogP contribution in [0.2, 0.25) is 0 Å². The summed E-state index contributed by atoms with van der Waals surface area (Å²) in [6.45, 7) is 8.66. The molecule has 0 atom stereocenters. The lowest BCUT2D eigenvalue weighted by Gasteiger charge is -2.10. The van der Waals surface area contributed by atoms with E-state index in [0.717, 1.165) is 45.4 Å². The van der Waals surface area contributed by atoms with Gasteiger partial charge in [-0.3, -0.25) is 14.5 Å². The van der Waals surface area contributed by atoms with Gasteiger partial charge in [0.25, 0.3) is 0 Å². The van der Waals surface area contributed by atoms with Crippen LogP contribution in [0.1, 0.15) is 40.5 Å². The highest BCUT2D eigenvalue weighted by atomic mass is 16.2. The molecule has 0 aromatic heterocycles. The molecule has 0 aliphatic carbocycles. The van der Waals surface area contributed by atoms with E-state index < -0.39 is 0 Å². The number of likely N-dealkylation sites (N-methyl/N-ethyl adjacent to an activating group) is 1. The van der Waals surface area contributed by atoms with E-state index >= 15 is 0 Å². The maximum atomic E-state index is 10.7. The van der Waals surface area contributed by atoms with E-state index in [1.807, 2.05) is 11.8 Å². The first-order valence-electron chi connectivity index (χ1n) is 6.19. The standard InChI is InChI=1S/2C6H11NO.CH4/c1-2-7-4-3-6(8)5-7;1-2-7-5-3-4-6(7)8;/h2*2-5H2,1H3;1H4. The SMILES string of the molecule is C.CCN1CCC(=O)C1.CCN1CCCC1=O. The van der Waals surface area contributed by atoms with Crippen LogP contribution in [-0.2, 0) is 9.59 Å². The quantitative estimate of drug-likeness (QED) is 0.737. The minimum atomic E-state index is 0. The summed E-state index contributed by atoms with van der Waals surface area (Å²) in [5, 5.41) is 0. The zero-order valence-corrected chi connectivity index (χ0v) is 10.4. The molecule has 0 N–H and O–H groups in total. The van der Waals surface area contributed by atoms with E-state index in [9.17, 15) is 9.59 Å². The lowest BCUT2D eigenvalue weighted by Crippen LogP contribution is -2.23. The van der Waals surface area contributed by atoms with Crippen LogP contribution in [0.5, 0.6) is 0 Å². The van der Waals surface area contributed by atoms with Gasteiger partial charge in [-0.05, 0) is 19.9 Å². The van der Waals surface area contributed by atoms with Crippen LogP contribution in [0, 0.1) is 0 Å². The zero-order valence-electron chi connectivity index (χ0n) is 10.4. The highest BCUT2D eigenvalue weighted by molar-refractivity contribution is 5.82. The van der Waals surface area contributed by atoms with Crippen molar-refractivity contribution in [3.63, 3.8) is 0 Å². The number of nitrogens with zero attached hydrogens (tertiary/aromatic N) is 2. The normalized spacial score (nSPS) is 20.0. The molecule has 0 radical (unpaired) electrons. The van der Waals surface area contributed by atoms with Gasteiger partial charge in [0.05, 0.1) is 6.54 Å². The minimum absolute atomic E-state index is 0. The topological polar surface area (TPSA) is 40.6 Å². The first-order valence-corrected chi connectivity index (χ1v) is 6.19. The Morgan fingerprint density at radius 2 is 1.76 bits per heavy atom. The molecule has 2 rings (SSSR count). The molecule has 4 heteroatoms. The summed E-state index contributed by atoms with van der Waals surface area (Å²) in [6.07, 6.45) is 2.61. The summed E-state index contributed by atoms with van der Waals surface area (Å²) < 4.78 is 0. The maximum absolute atomic E-state index is 10.7. The first-order chi connectivity index (χ1) is 7.67. The number of hydrogen-bond acceptors (Lipinski definition) is 3. The number of carbonyl (C=O) groups is 2. The second kappa shape index (κ2) is 8.23. The van der Waals surface area contributed by atoms with Crippen molar-refractivity contribution in [3.8, 4) is 0 Å². The summed E-state index contributed by atoms with van der Waals surface area (Å²) in [7, 11) is 0. The minimum Gasteiger partial charge on any atom is -0.343 e. The Morgan fingerprint density at radius 1 is 1.06 bits per heavy atom. The molecule has 100 valence electrons. The lowest BCUT2D eigenvalue weighted by molar-refractivity contribution is -0.127. The third-order valence-corrected chi connectivity index (χ3v) is 3.11. The zero-order chi connectivity index (χ0) is 12.0. The van der Waals surface area contributed by atoms with Crippen molar-refractivity contribution >= 4 is 11.7 Å². The fraction of sp³-hybridized carbons (Fsp3) is 0.846. The molecule has 2 saturated heterocycles. The van der Waals surface area contributed by atoms with Gasteiger partial charge in [0.15, 0.2) is 0 Å². The molecule has 0 spiro atoms. The molecular formula is C13H26N2O2. The highest BCUT2D eigenvalue weighted by Crippen LogP contribution is 2.07. The molecule has 4 nitrogen and oxygen atoms in total. The second-order valence-corrected chi connectivity index (χ2v) is 4.23. The molecule has 0 aromatic rings. The average molecular weight is 242 g/mol. The van der Waals surface area contributed by atoms with Gasteiger partial charge in [0.2, 0.25) is 5.91 Å². The Bertz CT molecular complexity index is 254. The lowest BCUT2D eigenvalue weighted by atomic mass is 10.4. The number of likely N-dealkylation sites (tertiary alicyclic amines) is 2. The molecular weight excluding hydrogens is 216 g/mol. The van der Waals surface area contributed by atoms with Gasteiger partial charge in [-0.15, -0.1) is 0 Å². The largest absolute Gasteiger partial charge is 0.343 e. The van der Waals surface area contributed by atoms with Crippen molar-refractivity contribution in [3.05, 3.63) is 0 Å². The number of amides is 1. The van der Waals surface area contributed by atoms with Crippen LogP contribution in [0.3, 0.4) is 0 Å². The van der Waals surface area contributed by atoms with Crippen LogP contribution in [0.25, 0.3) is 0 Å². The van der Waals surface area contributed by atoms with Gasteiger partial charge in [-0.1, -0.05) is 14.4 Å². The van der Waals surface area contributed by atoms with Crippen molar-refractivity contribution in [1.82, 2.24) is 9.80 Å². The molecule has 0 bridgehead atoms. The molecule has 0 aromatic carbocycles. The molecule has 2 aliphatic rings. The highest BCUT2D eigenvalue weighted by Gasteiger charge is 2.17. The molecule has 0 unspecified atom stereocenters. The molecule has 2 aliphatic heterocycles. The average Bonchev–Trinajstić information content (AvgIpc) is 2.87. The third kappa shape index (κ3) is 5.31. The smallest absolute Gasteiger partial charge is 0.222 e. The van der Waals surface area contributed by atoms with Gasteiger partial charge in [-0.25, -0.2) is 0 Å². The van der Waals surface area contributed by atoms with E-state index in [2.05, 4.69) is 11.8 Å². The van der Waals surface area contributed by atoms with Crippen LogP contribution >= 0.6 is 0 Å². The Hall–Kier alpha value is -0.900. The Labute approximate surface area is 105 Å². The molecule has 0 saturated carbocycles. The fourth-order valence-electron chi connectivity index (χ4n) is 2.00. The van der Waals surface area contributed by atoms with E-state index in [1.165, 1.54) is 0 Å². The van der Waals surface area contributed by atoms with E-state index in [4.69, 9.17) is 0 Å². The van der Waals surface area contributed by atoms with Gasteiger partial charge in [0, 0.05) is 32.5 Å². The molecule has 17 heavy (non-hydrogen) atoms. The van der Waals surface area contributed by atoms with Crippen LogP contribution < -0.4 is 0 Å². The first kappa shape index (κ1) is 16.1. The van der Waals surface area contributed by atoms with E-state index in [1.54, 1.807) is 0 Å². The summed E-state index contributed by atoms with van der Waals surface area (Å²) in [5.74, 6) is 0.722. The van der Waals surface area contributed by atoms with Crippen molar-refractivity contribution in [1.29, 1.82) is 0 Å².